The number of nitrogens with zero attached hydrogens (tertiary/aromatic N) is 1. The smallest absolute Gasteiger partial charge is 0.213 e. The van der Waals surface area contributed by atoms with Gasteiger partial charge in [-0.2, -0.15) is 0 Å². The molecule has 3 nitrogen and oxygen atoms in total. The van der Waals surface area contributed by atoms with E-state index in [4.69, 9.17) is 10.5 Å². The zero-order chi connectivity index (χ0) is 8.97. The lowest BCUT2D eigenvalue weighted by molar-refractivity contribution is 0.396. The predicted octanol–water partition coefficient (Wildman–Crippen LogP) is 0.980. The molecule has 1 atom stereocenters. The maximum Gasteiger partial charge on any atom is 0.213 e. The molecular weight excluding hydrogens is 152 g/mol. The summed E-state index contributed by atoms with van der Waals surface area (Å²) in [5.41, 5.74) is 6.61. The summed E-state index contributed by atoms with van der Waals surface area (Å²) in [6, 6.07) is 5.84. The molecule has 0 saturated heterocycles. The van der Waals surface area contributed by atoms with Gasteiger partial charge >= 0.3 is 0 Å². The van der Waals surface area contributed by atoms with Crippen LogP contribution in [0, 0.1) is 0 Å². The second-order valence-corrected chi connectivity index (χ2v) is 2.85. The quantitative estimate of drug-likeness (QED) is 0.728. The second kappa shape index (κ2) is 4.07. The molecule has 0 aromatic carbocycles. The Bertz CT molecular complexity index is 248. The third kappa shape index (κ3) is 2.51. The minimum absolute atomic E-state index is 0.143. The molecule has 0 radical (unpaired) electrons. The van der Waals surface area contributed by atoms with Gasteiger partial charge in [-0.25, -0.2) is 4.98 Å². The molecule has 0 aliphatic rings. The summed E-state index contributed by atoms with van der Waals surface area (Å²) < 4.78 is 4.98. The molecule has 0 fully saturated rings. The molecule has 0 amide bonds. The Balaban J connectivity index is 2.72. The van der Waals surface area contributed by atoms with E-state index in [1.807, 2.05) is 25.1 Å². The van der Waals surface area contributed by atoms with Crippen LogP contribution in [0.1, 0.15) is 12.6 Å². The number of hydrogen-bond acceptors (Lipinski definition) is 3. The van der Waals surface area contributed by atoms with Crippen molar-refractivity contribution >= 4 is 0 Å². The standard InChI is InChI=1S/C9H14N2O/c1-7(10)6-8-4-3-5-9(11-8)12-2/h3-5,7H,6,10H2,1-2H3/t7-/m1/s1. The maximum atomic E-state index is 5.64. The van der Waals surface area contributed by atoms with Gasteiger partial charge in [0, 0.05) is 24.2 Å². The van der Waals surface area contributed by atoms with Crippen molar-refractivity contribution in [1.82, 2.24) is 4.98 Å². The van der Waals surface area contributed by atoms with Crippen molar-refractivity contribution in [3.05, 3.63) is 23.9 Å². The largest absolute Gasteiger partial charge is 0.481 e. The van der Waals surface area contributed by atoms with Crippen molar-refractivity contribution in [3.8, 4) is 5.88 Å². The van der Waals surface area contributed by atoms with E-state index in [-0.39, 0.29) is 6.04 Å². The molecule has 0 spiro atoms. The van der Waals surface area contributed by atoms with Crippen LogP contribution >= 0.6 is 0 Å². The van der Waals surface area contributed by atoms with E-state index in [0.29, 0.717) is 5.88 Å². The van der Waals surface area contributed by atoms with Crippen LogP contribution in [0.25, 0.3) is 0 Å². The van der Waals surface area contributed by atoms with Crippen molar-refractivity contribution in [3.63, 3.8) is 0 Å². The van der Waals surface area contributed by atoms with Gasteiger partial charge in [0.15, 0.2) is 0 Å². The van der Waals surface area contributed by atoms with E-state index < -0.39 is 0 Å². The highest BCUT2D eigenvalue weighted by Crippen LogP contribution is 2.07. The second-order valence-electron chi connectivity index (χ2n) is 2.85. The molecule has 0 aliphatic carbocycles. The first kappa shape index (κ1) is 9.00. The average molecular weight is 166 g/mol. The van der Waals surface area contributed by atoms with Gasteiger partial charge in [0.05, 0.1) is 7.11 Å². The van der Waals surface area contributed by atoms with Crippen molar-refractivity contribution in [2.45, 2.75) is 19.4 Å². The molecule has 2 N–H and O–H groups in total. The predicted molar refractivity (Wildman–Crippen MR) is 48.1 cm³/mol. The highest BCUT2D eigenvalue weighted by atomic mass is 16.5. The fourth-order valence-corrected chi connectivity index (χ4v) is 1.01. The Morgan fingerprint density at radius 3 is 2.92 bits per heavy atom. The fourth-order valence-electron chi connectivity index (χ4n) is 1.01. The van der Waals surface area contributed by atoms with E-state index in [2.05, 4.69) is 4.98 Å². The number of methoxy groups -OCH3 is 1. The van der Waals surface area contributed by atoms with E-state index in [1.54, 1.807) is 7.11 Å². The van der Waals surface area contributed by atoms with Crippen LogP contribution in [-0.2, 0) is 6.42 Å². The molecule has 1 aromatic rings. The van der Waals surface area contributed by atoms with E-state index in [0.717, 1.165) is 12.1 Å². The van der Waals surface area contributed by atoms with E-state index in [9.17, 15) is 0 Å². The monoisotopic (exact) mass is 166 g/mol. The number of rotatable bonds is 3. The minimum Gasteiger partial charge on any atom is -0.481 e. The van der Waals surface area contributed by atoms with Crippen molar-refractivity contribution in [2.24, 2.45) is 5.73 Å². The van der Waals surface area contributed by atoms with Gasteiger partial charge in [0.1, 0.15) is 0 Å². The lowest BCUT2D eigenvalue weighted by atomic mass is 10.2. The first-order chi connectivity index (χ1) is 5.72. The Hall–Kier alpha value is -1.09. The fraction of sp³-hybridized carbons (Fsp3) is 0.444. The van der Waals surface area contributed by atoms with Crippen LogP contribution < -0.4 is 10.5 Å². The Morgan fingerprint density at radius 1 is 1.58 bits per heavy atom. The molecule has 1 aromatic heterocycles. The topological polar surface area (TPSA) is 48.1 Å². The Kier molecular flexibility index (Phi) is 3.05. The Morgan fingerprint density at radius 2 is 2.33 bits per heavy atom. The first-order valence-corrected chi connectivity index (χ1v) is 3.98. The van der Waals surface area contributed by atoms with Crippen LogP contribution in [0.15, 0.2) is 18.2 Å². The number of nitrogens with two attached hydrogens (primary N) is 1. The van der Waals surface area contributed by atoms with Crippen LogP contribution in [0.5, 0.6) is 5.88 Å². The summed E-state index contributed by atoms with van der Waals surface area (Å²) in [5.74, 6) is 0.646. The third-order valence-electron chi connectivity index (χ3n) is 1.52. The number of pyridine rings is 1. The maximum absolute atomic E-state index is 5.64. The summed E-state index contributed by atoms with van der Waals surface area (Å²) in [4.78, 5) is 4.23. The van der Waals surface area contributed by atoms with Crippen LogP contribution in [0.4, 0.5) is 0 Å². The number of hydrogen-bond donors (Lipinski definition) is 1. The van der Waals surface area contributed by atoms with Crippen molar-refractivity contribution < 1.29 is 4.74 Å². The summed E-state index contributed by atoms with van der Waals surface area (Å²) in [6.45, 7) is 1.96. The lowest BCUT2D eigenvalue weighted by Crippen LogP contribution is -2.18. The van der Waals surface area contributed by atoms with Gasteiger partial charge < -0.3 is 10.5 Å². The third-order valence-corrected chi connectivity index (χ3v) is 1.52. The minimum atomic E-state index is 0.143. The van der Waals surface area contributed by atoms with Crippen LogP contribution in [0.3, 0.4) is 0 Å². The van der Waals surface area contributed by atoms with Crippen molar-refractivity contribution in [1.29, 1.82) is 0 Å². The lowest BCUT2D eigenvalue weighted by Gasteiger charge is -2.05. The zero-order valence-electron chi connectivity index (χ0n) is 7.45. The highest BCUT2D eigenvalue weighted by Gasteiger charge is 1.99. The van der Waals surface area contributed by atoms with Crippen LogP contribution in [-0.4, -0.2) is 18.1 Å². The Labute approximate surface area is 72.6 Å². The molecule has 0 unspecified atom stereocenters. The highest BCUT2D eigenvalue weighted by molar-refractivity contribution is 5.16. The molecule has 12 heavy (non-hydrogen) atoms. The van der Waals surface area contributed by atoms with Gasteiger partial charge in [0.25, 0.3) is 0 Å². The molecular formula is C9H14N2O. The molecule has 66 valence electrons. The molecule has 3 heteroatoms. The summed E-state index contributed by atoms with van der Waals surface area (Å²) in [7, 11) is 1.61. The number of ether oxygens (including phenoxy) is 1. The van der Waals surface area contributed by atoms with Gasteiger partial charge in [0.2, 0.25) is 5.88 Å². The number of aromatic nitrogens is 1. The normalized spacial score (nSPS) is 12.6. The van der Waals surface area contributed by atoms with E-state index in [1.165, 1.54) is 0 Å². The van der Waals surface area contributed by atoms with Gasteiger partial charge in [-0.05, 0) is 13.0 Å². The zero-order valence-corrected chi connectivity index (χ0v) is 7.45. The molecule has 0 aliphatic heterocycles. The summed E-state index contributed by atoms with van der Waals surface area (Å²) in [5, 5.41) is 0. The average Bonchev–Trinajstić information content (AvgIpc) is 2.03. The summed E-state index contributed by atoms with van der Waals surface area (Å²) >= 11 is 0. The summed E-state index contributed by atoms with van der Waals surface area (Å²) in [6.07, 6.45) is 0.789. The van der Waals surface area contributed by atoms with Crippen LogP contribution in [0.2, 0.25) is 0 Å². The van der Waals surface area contributed by atoms with Crippen molar-refractivity contribution in [2.75, 3.05) is 7.11 Å². The first-order valence-electron chi connectivity index (χ1n) is 3.98. The molecule has 1 rings (SSSR count). The van der Waals surface area contributed by atoms with Gasteiger partial charge in [-0.3, -0.25) is 0 Å². The molecule has 1 heterocycles. The molecule has 0 saturated carbocycles. The molecule has 0 bridgehead atoms. The SMILES string of the molecule is COc1cccc(C[C@@H](C)N)n1. The van der Waals surface area contributed by atoms with E-state index >= 15 is 0 Å². The van der Waals surface area contributed by atoms with Gasteiger partial charge in [-0.1, -0.05) is 6.07 Å². The van der Waals surface area contributed by atoms with Gasteiger partial charge in [-0.15, -0.1) is 0 Å².